The van der Waals surface area contributed by atoms with Crippen molar-refractivity contribution in [3.63, 3.8) is 0 Å². The zero-order valence-corrected chi connectivity index (χ0v) is 10.6. The number of anilines is 1. The van der Waals surface area contributed by atoms with Gasteiger partial charge in [-0.2, -0.15) is 0 Å². The van der Waals surface area contributed by atoms with Gasteiger partial charge in [-0.15, -0.1) is 0 Å². The lowest BCUT2D eigenvalue weighted by Gasteiger charge is -2.41. The number of hydrogen-bond acceptors (Lipinski definition) is 3. The monoisotopic (exact) mass is 232 g/mol. The first-order chi connectivity index (χ1) is 8.28. The van der Waals surface area contributed by atoms with Crippen molar-refractivity contribution < 1.29 is 4.74 Å². The molecule has 2 aliphatic rings. The van der Waals surface area contributed by atoms with E-state index in [0.717, 1.165) is 18.2 Å². The molecule has 0 radical (unpaired) electrons. The summed E-state index contributed by atoms with van der Waals surface area (Å²) < 4.78 is 5.29. The van der Waals surface area contributed by atoms with Gasteiger partial charge in [-0.3, -0.25) is 0 Å². The number of rotatable bonds is 1. The van der Waals surface area contributed by atoms with Crippen LogP contribution in [0.25, 0.3) is 0 Å². The van der Waals surface area contributed by atoms with Crippen molar-refractivity contribution >= 4 is 5.69 Å². The molecule has 0 saturated carbocycles. The highest BCUT2D eigenvalue weighted by Crippen LogP contribution is 2.40. The van der Waals surface area contributed by atoms with E-state index >= 15 is 0 Å². The van der Waals surface area contributed by atoms with E-state index in [1.165, 1.54) is 30.8 Å². The van der Waals surface area contributed by atoms with Gasteiger partial charge in [0.1, 0.15) is 5.75 Å². The van der Waals surface area contributed by atoms with Gasteiger partial charge in [0.15, 0.2) is 0 Å². The van der Waals surface area contributed by atoms with E-state index in [2.05, 4.69) is 35.5 Å². The third kappa shape index (κ3) is 1.89. The minimum Gasteiger partial charge on any atom is -0.497 e. The SMILES string of the molecule is COc1ccc2c(c1)NCC1CCN(C)CC21. The smallest absolute Gasteiger partial charge is 0.120 e. The van der Waals surface area contributed by atoms with Crippen LogP contribution in [0.2, 0.25) is 0 Å². The summed E-state index contributed by atoms with van der Waals surface area (Å²) in [6, 6.07) is 6.44. The van der Waals surface area contributed by atoms with E-state index in [0.29, 0.717) is 5.92 Å². The number of nitrogens with zero attached hydrogens (tertiary/aromatic N) is 1. The highest BCUT2D eigenvalue weighted by Gasteiger charge is 2.33. The van der Waals surface area contributed by atoms with E-state index in [1.807, 2.05) is 0 Å². The molecule has 3 rings (SSSR count). The average molecular weight is 232 g/mol. The predicted octanol–water partition coefficient (Wildman–Crippen LogP) is 2.16. The summed E-state index contributed by atoms with van der Waals surface area (Å²) in [5.41, 5.74) is 2.73. The number of fused-ring (bicyclic) bond motifs is 3. The second-order valence-corrected chi connectivity index (χ2v) is 5.25. The Bertz CT molecular complexity index is 419. The summed E-state index contributed by atoms with van der Waals surface area (Å²) in [4.78, 5) is 2.44. The maximum Gasteiger partial charge on any atom is 0.120 e. The molecular weight excluding hydrogens is 212 g/mol. The zero-order valence-electron chi connectivity index (χ0n) is 10.6. The van der Waals surface area contributed by atoms with Crippen LogP contribution >= 0.6 is 0 Å². The fourth-order valence-electron chi connectivity index (χ4n) is 3.14. The van der Waals surface area contributed by atoms with Crippen molar-refractivity contribution in [1.82, 2.24) is 4.90 Å². The molecule has 1 aromatic carbocycles. The average Bonchev–Trinajstić information content (AvgIpc) is 2.37. The van der Waals surface area contributed by atoms with Crippen LogP contribution in [0.4, 0.5) is 5.69 Å². The van der Waals surface area contributed by atoms with Crippen molar-refractivity contribution in [2.24, 2.45) is 5.92 Å². The Kier molecular flexibility index (Phi) is 2.71. The van der Waals surface area contributed by atoms with Crippen molar-refractivity contribution in [2.45, 2.75) is 12.3 Å². The number of hydrogen-bond donors (Lipinski definition) is 1. The lowest BCUT2D eigenvalue weighted by molar-refractivity contribution is 0.192. The highest BCUT2D eigenvalue weighted by molar-refractivity contribution is 5.59. The molecule has 3 nitrogen and oxygen atoms in total. The van der Waals surface area contributed by atoms with Crippen molar-refractivity contribution in [3.05, 3.63) is 23.8 Å². The number of likely N-dealkylation sites (tertiary alicyclic amines) is 1. The molecule has 3 heteroatoms. The van der Waals surface area contributed by atoms with E-state index in [9.17, 15) is 0 Å². The van der Waals surface area contributed by atoms with Crippen LogP contribution in [0.1, 0.15) is 17.9 Å². The van der Waals surface area contributed by atoms with Gasteiger partial charge in [0.05, 0.1) is 7.11 Å². The minimum absolute atomic E-state index is 0.691. The molecule has 0 spiro atoms. The van der Waals surface area contributed by atoms with Crippen molar-refractivity contribution in [1.29, 1.82) is 0 Å². The van der Waals surface area contributed by atoms with Crippen molar-refractivity contribution in [3.8, 4) is 5.75 Å². The molecule has 1 saturated heterocycles. The van der Waals surface area contributed by atoms with Crippen LogP contribution in [0, 0.1) is 5.92 Å². The number of ether oxygens (including phenoxy) is 1. The van der Waals surface area contributed by atoms with Crippen molar-refractivity contribution in [2.75, 3.05) is 39.1 Å². The minimum atomic E-state index is 0.691. The molecule has 1 aromatic rings. The second kappa shape index (κ2) is 4.22. The van der Waals surface area contributed by atoms with Crippen LogP contribution in [0.5, 0.6) is 5.75 Å². The molecule has 0 bridgehead atoms. The number of benzene rings is 1. The van der Waals surface area contributed by atoms with E-state index in [1.54, 1.807) is 7.11 Å². The van der Waals surface area contributed by atoms with Gasteiger partial charge in [0.25, 0.3) is 0 Å². The Balaban J connectivity index is 1.94. The number of piperidine rings is 1. The Morgan fingerprint density at radius 3 is 3.12 bits per heavy atom. The molecule has 2 unspecified atom stereocenters. The van der Waals surface area contributed by atoms with E-state index in [-0.39, 0.29) is 0 Å². The van der Waals surface area contributed by atoms with Gasteiger partial charge in [-0.1, -0.05) is 6.07 Å². The van der Waals surface area contributed by atoms with Crippen LogP contribution in [-0.4, -0.2) is 38.7 Å². The standard InChI is InChI=1S/C14H20N2O/c1-16-6-5-10-8-15-14-7-11(17-2)3-4-12(14)13(10)9-16/h3-4,7,10,13,15H,5-6,8-9H2,1-2H3. The number of methoxy groups -OCH3 is 1. The van der Waals surface area contributed by atoms with Gasteiger partial charge in [0, 0.05) is 30.8 Å². The number of likely N-dealkylation sites (N-methyl/N-ethyl adjacent to an activating group) is 1. The molecular formula is C14H20N2O. The zero-order chi connectivity index (χ0) is 11.8. The fourth-order valence-corrected chi connectivity index (χ4v) is 3.14. The summed E-state index contributed by atoms with van der Waals surface area (Å²) in [7, 11) is 3.95. The summed E-state index contributed by atoms with van der Waals surface area (Å²) in [6.07, 6.45) is 1.31. The van der Waals surface area contributed by atoms with Crippen LogP contribution < -0.4 is 10.1 Å². The van der Waals surface area contributed by atoms with Crippen LogP contribution in [0.3, 0.4) is 0 Å². The second-order valence-electron chi connectivity index (χ2n) is 5.25. The molecule has 17 heavy (non-hydrogen) atoms. The molecule has 92 valence electrons. The molecule has 2 heterocycles. The summed E-state index contributed by atoms with van der Waals surface area (Å²) in [6.45, 7) is 3.53. The summed E-state index contributed by atoms with van der Waals surface area (Å²) >= 11 is 0. The largest absolute Gasteiger partial charge is 0.497 e. The topological polar surface area (TPSA) is 24.5 Å². The van der Waals surface area contributed by atoms with Gasteiger partial charge >= 0.3 is 0 Å². The normalized spacial score (nSPS) is 27.9. The Labute approximate surface area is 103 Å². The Morgan fingerprint density at radius 1 is 1.41 bits per heavy atom. The Morgan fingerprint density at radius 2 is 2.29 bits per heavy atom. The Hall–Kier alpha value is -1.22. The first-order valence-corrected chi connectivity index (χ1v) is 6.38. The highest BCUT2D eigenvalue weighted by atomic mass is 16.5. The summed E-state index contributed by atoms with van der Waals surface area (Å²) in [5, 5.41) is 3.55. The molecule has 2 atom stereocenters. The van der Waals surface area contributed by atoms with Gasteiger partial charge in [-0.05, 0) is 37.6 Å². The number of nitrogens with one attached hydrogen (secondary N) is 1. The van der Waals surface area contributed by atoms with Crippen LogP contribution in [0.15, 0.2) is 18.2 Å². The lowest BCUT2D eigenvalue weighted by Crippen LogP contribution is -2.41. The van der Waals surface area contributed by atoms with E-state index in [4.69, 9.17) is 4.74 Å². The maximum absolute atomic E-state index is 5.29. The first kappa shape index (κ1) is 10.9. The summed E-state index contributed by atoms with van der Waals surface area (Å²) in [5.74, 6) is 2.43. The quantitative estimate of drug-likeness (QED) is 0.803. The molecule has 0 aliphatic carbocycles. The first-order valence-electron chi connectivity index (χ1n) is 6.38. The molecule has 0 amide bonds. The van der Waals surface area contributed by atoms with Gasteiger partial charge < -0.3 is 15.0 Å². The van der Waals surface area contributed by atoms with Gasteiger partial charge in [-0.25, -0.2) is 0 Å². The van der Waals surface area contributed by atoms with Gasteiger partial charge in [0.2, 0.25) is 0 Å². The third-order valence-electron chi connectivity index (χ3n) is 4.17. The molecule has 1 fully saturated rings. The van der Waals surface area contributed by atoms with Crippen LogP contribution in [-0.2, 0) is 0 Å². The van der Waals surface area contributed by atoms with E-state index < -0.39 is 0 Å². The maximum atomic E-state index is 5.29. The molecule has 0 aromatic heterocycles. The molecule has 1 N–H and O–H groups in total. The lowest BCUT2D eigenvalue weighted by atomic mass is 9.78. The third-order valence-corrected chi connectivity index (χ3v) is 4.17. The fraction of sp³-hybridized carbons (Fsp3) is 0.571. The molecule has 2 aliphatic heterocycles. The predicted molar refractivity (Wildman–Crippen MR) is 69.8 cm³/mol.